The molecule has 3 fully saturated rings. The highest BCUT2D eigenvalue weighted by molar-refractivity contribution is 5.73. The summed E-state index contributed by atoms with van der Waals surface area (Å²) in [7, 11) is 1.71. The Kier molecular flexibility index (Phi) is 9.99. The van der Waals surface area contributed by atoms with Gasteiger partial charge >= 0.3 is 12.1 Å². The van der Waals surface area contributed by atoms with Crippen LogP contribution in [0.5, 0.6) is 5.75 Å². The number of carbonyl (C=O) groups is 1. The number of carboxylic acids is 1. The van der Waals surface area contributed by atoms with Gasteiger partial charge in [0.25, 0.3) is 0 Å². The number of ether oxygens (including phenoxy) is 4. The first-order valence-corrected chi connectivity index (χ1v) is 11.7. The molecule has 3 aliphatic heterocycles. The fraction of sp³-hybridized carbons (Fsp3) is 0.708. The molecule has 0 aliphatic carbocycles. The SMILES string of the molecule is COc1ccc(CN2CC[C@H]3O[C@@H](COCC4CCOCC4)CC[C@H]32)cc1.O=C(O)C(F)(F)F. The summed E-state index contributed by atoms with van der Waals surface area (Å²) in [6, 6.07) is 8.99. The van der Waals surface area contributed by atoms with Crippen LogP contribution < -0.4 is 4.74 Å². The number of hydrogen-bond acceptors (Lipinski definition) is 6. The molecule has 192 valence electrons. The Hall–Kier alpha value is -1.88. The lowest BCUT2D eigenvalue weighted by Crippen LogP contribution is -2.43. The van der Waals surface area contributed by atoms with Crippen LogP contribution in [0.3, 0.4) is 0 Å². The summed E-state index contributed by atoms with van der Waals surface area (Å²) in [5.41, 5.74) is 1.35. The minimum Gasteiger partial charge on any atom is -0.497 e. The van der Waals surface area contributed by atoms with Crippen molar-refractivity contribution in [2.45, 2.75) is 63.1 Å². The van der Waals surface area contributed by atoms with Gasteiger partial charge in [-0.2, -0.15) is 13.2 Å². The van der Waals surface area contributed by atoms with E-state index in [0.29, 0.717) is 18.1 Å². The quantitative estimate of drug-likeness (QED) is 0.623. The summed E-state index contributed by atoms with van der Waals surface area (Å²) in [4.78, 5) is 11.5. The monoisotopic (exact) mass is 489 g/mol. The van der Waals surface area contributed by atoms with E-state index in [-0.39, 0.29) is 6.10 Å². The van der Waals surface area contributed by atoms with Crippen molar-refractivity contribution in [2.24, 2.45) is 5.92 Å². The fourth-order valence-corrected chi connectivity index (χ4v) is 4.65. The van der Waals surface area contributed by atoms with Gasteiger partial charge in [-0.3, -0.25) is 4.90 Å². The van der Waals surface area contributed by atoms with Gasteiger partial charge < -0.3 is 24.1 Å². The van der Waals surface area contributed by atoms with Gasteiger partial charge in [0.15, 0.2) is 0 Å². The highest BCUT2D eigenvalue weighted by Crippen LogP contribution is 2.33. The number of fused-ring (bicyclic) bond motifs is 1. The van der Waals surface area contributed by atoms with E-state index in [1.165, 1.54) is 12.0 Å². The number of rotatable bonds is 7. The zero-order valence-corrected chi connectivity index (χ0v) is 19.5. The molecule has 0 spiro atoms. The van der Waals surface area contributed by atoms with Crippen molar-refractivity contribution in [3.63, 3.8) is 0 Å². The highest BCUT2D eigenvalue weighted by atomic mass is 19.4. The molecular formula is C24H34F3NO6. The Morgan fingerprint density at radius 1 is 1.09 bits per heavy atom. The van der Waals surface area contributed by atoms with Crippen LogP contribution in [0.25, 0.3) is 0 Å². The maximum absolute atomic E-state index is 10.6. The first-order chi connectivity index (χ1) is 16.3. The van der Waals surface area contributed by atoms with E-state index >= 15 is 0 Å². The number of likely N-dealkylation sites (tertiary alicyclic amines) is 1. The van der Waals surface area contributed by atoms with Crippen molar-refractivity contribution < 1.29 is 42.0 Å². The number of alkyl halides is 3. The maximum atomic E-state index is 10.6. The molecule has 1 aromatic rings. The lowest BCUT2D eigenvalue weighted by Gasteiger charge is -2.36. The molecule has 0 radical (unpaired) electrons. The number of nitrogens with zero attached hydrogens (tertiary/aromatic N) is 1. The largest absolute Gasteiger partial charge is 0.497 e. The van der Waals surface area contributed by atoms with Gasteiger partial charge in [-0.05, 0) is 55.7 Å². The number of halogens is 3. The first kappa shape index (κ1) is 26.7. The van der Waals surface area contributed by atoms with Gasteiger partial charge in [0, 0.05) is 39.0 Å². The molecule has 7 nitrogen and oxygen atoms in total. The molecule has 3 saturated heterocycles. The predicted octanol–water partition coefficient (Wildman–Crippen LogP) is 3.89. The zero-order chi connectivity index (χ0) is 24.6. The van der Waals surface area contributed by atoms with Crippen molar-refractivity contribution in [1.29, 1.82) is 0 Å². The zero-order valence-electron chi connectivity index (χ0n) is 19.5. The van der Waals surface area contributed by atoms with Crippen LogP contribution in [0.2, 0.25) is 0 Å². The van der Waals surface area contributed by atoms with Gasteiger partial charge in [0.2, 0.25) is 0 Å². The standard InChI is InChI=1S/C22H33NO4.C2HF3O2/c1-24-19-4-2-17(3-5-19)14-23-11-8-22-21(23)7-6-20(27-22)16-26-15-18-9-12-25-13-10-18;3-2(4,5)1(6)7/h2-5,18,20-22H,6-16H2,1H3;(H,6,7)/t20-,21-,22-;/m1./s1. The Bertz CT molecular complexity index is 754. The van der Waals surface area contributed by atoms with Gasteiger partial charge in [0.05, 0.1) is 25.9 Å². The normalized spacial score (nSPS) is 25.8. The summed E-state index contributed by atoms with van der Waals surface area (Å²) in [5.74, 6) is -1.17. The topological polar surface area (TPSA) is 77.5 Å². The van der Waals surface area contributed by atoms with Gasteiger partial charge in [-0.15, -0.1) is 0 Å². The minimum absolute atomic E-state index is 0.270. The van der Waals surface area contributed by atoms with Crippen LogP contribution in [0.4, 0.5) is 13.2 Å². The molecule has 10 heteroatoms. The van der Waals surface area contributed by atoms with E-state index in [1.807, 2.05) is 12.1 Å². The highest BCUT2D eigenvalue weighted by Gasteiger charge is 2.40. The lowest BCUT2D eigenvalue weighted by molar-refractivity contribution is -0.192. The van der Waals surface area contributed by atoms with E-state index in [0.717, 1.165) is 70.9 Å². The Labute approximate surface area is 198 Å². The minimum atomic E-state index is -5.08. The third kappa shape index (κ3) is 8.11. The van der Waals surface area contributed by atoms with Crippen molar-refractivity contribution in [3.05, 3.63) is 29.8 Å². The van der Waals surface area contributed by atoms with Crippen molar-refractivity contribution >= 4 is 5.97 Å². The summed E-state index contributed by atoms with van der Waals surface area (Å²) < 4.78 is 54.8. The second-order valence-corrected chi connectivity index (χ2v) is 8.94. The predicted molar refractivity (Wildman–Crippen MR) is 118 cm³/mol. The average Bonchev–Trinajstić information content (AvgIpc) is 3.22. The molecule has 4 rings (SSSR count). The fourth-order valence-electron chi connectivity index (χ4n) is 4.65. The molecule has 0 bridgehead atoms. The Morgan fingerprint density at radius 3 is 2.38 bits per heavy atom. The maximum Gasteiger partial charge on any atom is 0.490 e. The van der Waals surface area contributed by atoms with E-state index in [1.54, 1.807) is 7.11 Å². The smallest absolute Gasteiger partial charge is 0.490 e. The molecular weight excluding hydrogens is 455 g/mol. The van der Waals surface area contributed by atoms with Crippen LogP contribution >= 0.6 is 0 Å². The molecule has 3 heterocycles. The third-order valence-corrected chi connectivity index (χ3v) is 6.54. The Balaban J connectivity index is 0.000000406. The van der Waals surface area contributed by atoms with E-state index in [4.69, 9.17) is 28.8 Å². The van der Waals surface area contributed by atoms with E-state index in [2.05, 4.69) is 17.0 Å². The molecule has 1 aromatic carbocycles. The van der Waals surface area contributed by atoms with Gasteiger partial charge in [0.1, 0.15) is 5.75 Å². The van der Waals surface area contributed by atoms with Gasteiger partial charge in [-0.1, -0.05) is 12.1 Å². The van der Waals surface area contributed by atoms with Crippen molar-refractivity contribution in [2.75, 3.05) is 40.1 Å². The molecule has 0 unspecified atom stereocenters. The molecule has 0 aromatic heterocycles. The summed E-state index contributed by atoms with van der Waals surface area (Å²) in [6.07, 6.45) is 1.28. The van der Waals surface area contributed by atoms with E-state index < -0.39 is 12.1 Å². The number of aliphatic carboxylic acids is 1. The van der Waals surface area contributed by atoms with Crippen LogP contribution in [0.15, 0.2) is 24.3 Å². The van der Waals surface area contributed by atoms with Crippen molar-refractivity contribution in [3.8, 4) is 5.75 Å². The van der Waals surface area contributed by atoms with E-state index in [9.17, 15) is 13.2 Å². The van der Waals surface area contributed by atoms with Crippen molar-refractivity contribution in [1.82, 2.24) is 4.90 Å². The number of hydrogen-bond donors (Lipinski definition) is 1. The Morgan fingerprint density at radius 2 is 1.76 bits per heavy atom. The summed E-state index contributed by atoms with van der Waals surface area (Å²) in [6.45, 7) is 5.51. The molecule has 3 aliphatic rings. The average molecular weight is 490 g/mol. The molecule has 1 N–H and O–H groups in total. The number of carboxylic acid groups (broad SMARTS) is 1. The van der Waals surface area contributed by atoms with Crippen LogP contribution in [0, 0.1) is 5.92 Å². The number of methoxy groups -OCH3 is 1. The molecule has 0 amide bonds. The molecule has 0 saturated carbocycles. The second-order valence-electron chi connectivity index (χ2n) is 8.94. The summed E-state index contributed by atoms with van der Waals surface area (Å²) in [5, 5.41) is 7.12. The molecule has 34 heavy (non-hydrogen) atoms. The van der Waals surface area contributed by atoms with Crippen LogP contribution in [-0.2, 0) is 25.5 Å². The third-order valence-electron chi connectivity index (χ3n) is 6.54. The van der Waals surface area contributed by atoms with Crippen LogP contribution in [-0.4, -0.2) is 80.5 Å². The number of benzene rings is 1. The lowest BCUT2D eigenvalue weighted by atomic mass is 9.99. The first-order valence-electron chi connectivity index (χ1n) is 11.7. The molecule has 3 atom stereocenters. The summed E-state index contributed by atoms with van der Waals surface area (Å²) >= 11 is 0. The van der Waals surface area contributed by atoms with Gasteiger partial charge in [-0.25, -0.2) is 4.79 Å². The second kappa shape index (κ2) is 12.7. The van der Waals surface area contributed by atoms with Crippen LogP contribution in [0.1, 0.15) is 37.7 Å².